The highest BCUT2D eigenvalue weighted by Gasteiger charge is 2.26. The molecule has 5 nitrogen and oxygen atoms in total. The average molecular weight is 336 g/mol. The molecule has 1 heterocycles. The summed E-state index contributed by atoms with van der Waals surface area (Å²) in [7, 11) is 0. The third-order valence-corrected chi connectivity index (χ3v) is 4.42. The highest BCUT2D eigenvalue weighted by atomic mass is 32.2. The minimum atomic E-state index is -0.447. The van der Waals surface area contributed by atoms with Crippen molar-refractivity contribution in [1.29, 1.82) is 0 Å². The lowest BCUT2D eigenvalue weighted by molar-refractivity contribution is -0.139. The van der Waals surface area contributed by atoms with Gasteiger partial charge in [-0.1, -0.05) is 30.3 Å². The van der Waals surface area contributed by atoms with Crippen molar-refractivity contribution in [3.63, 3.8) is 0 Å². The van der Waals surface area contributed by atoms with Gasteiger partial charge in [-0.25, -0.2) is 0 Å². The van der Waals surface area contributed by atoms with Crippen molar-refractivity contribution < 1.29 is 14.3 Å². The molecule has 6 heteroatoms. The number of thioether (sulfide) groups is 1. The minimum absolute atomic E-state index is 0.00348. The maximum Gasteiger partial charge on any atom is 0.245 e. The van der Waals surface area contributed by atoms with Crippen LogP contribution in [0.5, 0.6) is 0 Å². The van der Waals surface area contributed by atoms with Crippen molar-refractivity contribution >= 4 is 23.6 Å². The summed E-state index contributed by atoms with van der Waals surface area (Å²) in [6, 6.07) is 9.13. The molecule has 1 aromatic rings. The number of carbonyl (C=O) groups excluding carboxylic acids is 2. The zero-order valence-corrected chi connectivity index (χ0v) is 14.3. The zero-order chi connectivity index (χ0) is 16.5. The molecule has 0 aliphatic carbocycles. The number of nitrogens with one attached hydrogen (secondary N) is 1. The maximum atomic E-state index is 12.6. The first-order chi connectivity index (χ1) is 11.2. The van der Waals surface area contributed by atoms with Gasteiger partial charge >= 0.3 is 0 Å². The normalized spacial score (nSPS) is 16.0. The highest BCUT2D eigenvalue weighted by molar-refractivity contribution is 7.98. The molecular formula is C17H24N2O3S. The molecule has 1 atom stereocenters. The third-order valence-electron chi connectivity index (χ3n) is 3.77. The van der Waals surface area contributed by atoms with Crippen LogP contribution >= 0.6 is 11.8 Å². The van der Waals surface area contributed by atoms with E-state index in [0.29, 0.717) is 39.1 Å². The monoisotopic (exact) mass is 336 g/mol. The zero-order valence-electron chi connectivity index (χ0n) is 13.5. The van der Waals surface area contributed by atoms with E-state index in [1.165, 1.54) is 0 Å². The molecule has 0 aromatic heterocycles. The number of hydrogen-bond acceptors (Lipinski definition) is 4. The van der Waals surface area contributed by atoms with Crippen LogP contribution in [0.4, 0.5) is 0 Å². The van der Waals surface area contributed by atoms with Gasteiger partial charge in [0.25, 0.3) is 0 Å². The van der Waals surface area contributed by atoms with E-state index in [9.17, 15) is 9.59 Å². The maximum absolute atomic E-state index is 12.6. The number of carbonyl (C=O) groups is 2. The number of amides is 2. The number of rotatable bonds is 7. The molecule has 23 heavy (non-hydrogen) atoms. The summed E-state index contributed by atoms with van der Waals surface area (Å²) in [5.41, 5.74) is 0.951. The minimum Gasteiger partial charge on any atom is -0.378 e. The Morgan fingerprint density at radius 2 is 1.96 bits per heavy atom. The fourth-order valence-electron chi connectivity index (χ4n) is 2.52. The van der Waals surface area contributed by atoms with Crippen molar-refractivity contribution in [2.75, 3.05) is 38.3 Å². The van der Waals surface area contributed by atoms with Gasteiger partial charge in [0.05, 0.1) is 19.6 Å². The molecule has 0 bridgehead atoms. The summed E-state index contributed by atoms with van der Waals surface area (Å²) >= 11 is 1.68. The lowest BCUT2D eigenvalue weighted by Gasteiger charge is -2.30. The molecule has 0 spiro atoms. The second kappa shape index (κ2) is 9.57. The Balaban J connectivity index is 1.93. The van der Waals surface area contributed by atoms with Crippen LogP contribution in [0.3, 0.4) is 0 Å². The molecule has 1 fully saturated rings. The molecule has 1 N–H and O–H groups in total. The van der Waals surface area contributed by atoms with Crippen molar-refractivity contribution in [2.24, 2.45) is 0 Å². The van der Waals surface area contributed by atoms with Crippen molar-refractivity contribution in [2.45, 2.75) is 18.9 Å². The molecule has 1 aliphatic heterocycles. The van der Waals surface area contributed by atoms with Crippen LogP contribution in [0, 0.1) is 0 Å². The Bertz CT molecular complexity index is 504. The first kappa shape index (κ1) is 17.8. The van der Waals surface area contributed by atoms with Crippen molar-refractivity contribution in [1.82, 2.24) is 10.2 Å². The second-order valence-corrected chi connectivity index (χ2v) is 6.49. The molecule has 0 radical (unpaired) electrons. The number of benzene rings is 1. The fourth-order valence-corrected chi connectivity index (χ4v) is 3.00. The molecule has 1 aliphatic rings. The summed E-state index contributed by atoms with van der Waals surface area (Å²) in [4.78, 5) is 26.7. The van der Waals surface area contributed by atoms with Crippen molar-refractivity contribution in [3.8, 4) is 0 Å². The Morgan fingerprint density at radius 3 is 2.61 bits per heavy atom. The van der Waals surface area contributed by atoms with Gasteiger partial charge < -0.3 is 15.0 Å². The molecule has 1 unspecified atom stereocenters. The second-order valence-electron chi connectivity index (χ2n) is 5.50. The van der Waals surface area contributed by atoms with Crippen LogP contribution < -0.4 is 5.32 Å². The summed E-state index contributed by atoms with van der Waals surface area (Å²) in [5.74, 6) is 0.736. The van der Waals surface area contributed by atoms with E-state index in [4.69, 9.17) is 4.74 Å². The standard InChI is InChI=1S/C17H24N2O3S/c1-23-12-7-15(17(21)19-8-10-22-11-9-19)18-16(20)13-14-5-3-2-4-6-14/h2-6,15H,7-13H2,1H3,(H,18,20). The van der Waals surface area contributed by atoms with Crippen LogP contribution in [0.2, 0.25) is 0 Å². The molecule has 126 valence electrons. The van der Waals surface area contributed by atoms with E-state index >= 15 is 0 Å². The number of morpholine rings is 1. The van der Waals surface area contributed by atoms with Gasteiger partial charge in [-0.3, -0.25) is 9.59 Å². The van der Waals surface area contributed by atoms with E-state index in [2.05, 4.69) is 5.32 Å². The molecule has 2 rings (SSSR count). The number of ether oxygens (including phenoxy) is 1. The van der Waals surface area contributed by atoms with E-state index in [1.807, 2.05) is 36.6 Å². The SMILES string of the molecule is CSCCC(NC(=O)Cc1ccccc1)C(=O)N1CCOCC1. The van der Waals surface area contributed by atoms with Gasteiger partial charge in [0.15, 0.2) is 0 Å². The van der Waals surface area contributed by atoms with E-state index < -0.39 is 6.04 Å². The fraction of sp³-hybridized carbons (Fsp3) is 0.529. The van der Waals surface area contributed by atoms with Gasteiger partial charge in [-0.05, 0) is 24.0 Å². The van der Waals surface area contributed by atoms with Crippen LogP contribution in [-0.4, -0.2) is 61.1 Å². The first-order valence-corrected chi connectivity index (χ1v) is 9.29. The van der Waals surface area contributed by atoms with Gasteiger partial charge in [-0.2, -0.15) is 11.8 Å². The van der Waals surface area contributed by atoms with Crippen LogP contribution in [0.25, 0.3) is 0 Å². The summed E-state index contributed by atoms with van der Waals surface area (Å²) in [6.07, 6.45) is 2.95. The smallest absolute Gasteiger partial charge is 0.245 e. The Labute approximate surface area is 141 Å². The highest BCUT2D eigenvalue weighted by Crippen LogP contribution is 2.08. The summed E-state index contributed by atoms with van der Waals surface area (Å²) < 4.78 is 5.29. The Hall–Kier alpha value is -1.53. The molecule has 2 amide bonds. The quantitative estimate of drug-likeness (QED) is 0.816. The van der Waals surface area contributed by atoms with Gasteiger partial charge in [0.1, 0.15) is 6.04 Å². The van der Waals surface area contributed by atoms with Crippen LogP contribution in [0.15, 0.2) is 30.3 Å². The van der Waals surface area contributed by atoms with Gasteiger partial charge in [-0.15, -0.1) is 0 Å². The topological polar surface area (TPSA) is 58.6 Å². The van der Waals surface area contributed by atoms with E-state index in [0.717, 1.165) is 11.3 Å². The lowest BCUT2D eigenvalue weighted by atomic mass is 10.1. The average Bonchev–Trinajstić information content (AvgIpc) is 2.59. The van der Waals surface area contributed by atoms with Crippen LogP contribution in [-0.2, 0) is 20.7 Å². The van der Waals surface area contributed by atoms with Crippen molar-refractivity contribution in [3.05, 3.63) is 35.9 Å². The Kier molecular flexibility index (Phi) is 7.42. The lowest BCUT2D eigenvalue weighted by Crippen LogP contribution is -2.52. The summed E-state index contributed by atoms with van der Waals surface area (Å²) in [6.45, 7) is 2.34. The van der Waals surface area contributed by atoms with E-state index in [1.54, 1.807) is 16.7 Å². The third kappa shape index (κ3) is 5.88. The van der Waals surface area contributed by atoms with Gasteiger partial charge in [0.2, 0.25) is 11.8 Å². The molecular weight excluding hydrogens is 312 g/mol. The summed E-state index contributed by atoms with van der Waals surface area (Å²) in [5, 5.41) is 2.91. The van der Waals surface area contributed by atoms with Gasteiger partial charge in [0, 0.05) is 13.1 Å². The predicted octanol–water partition coefficient (Wildman–Crippen LogP) is 1.33. The number of hydrogen-bond donors (Lipinski definition) is 1. The van der Waals surface area contributed by atoms with E-state index in [-0.39, 0.29) is 11.8 Å². The number of nitrogens with zero attached hydrogens (tertiary/aromatic N) is 1. The van der Waals surface area contributed by atoms with Crippen LogP contribution in [0.1, 0.15) is 12.0 Å². The largest absolute Gasteiger partial charge is 0.378 e. The molecule has 0 saturated carbocycles. The molecule has 1 aromatic carbocycles. The predicted molar refractivity (Wildman–Crippen MR) is 92.5 cm³/mol. The first-order valence-electron chi connectivity index (χ1n) is 7.89. The Morgan fingerprint density at radius 1 is 1.26 bits per heavy atom. The molecule has 1 saturated heterocycles.